The third-order valence-corrected chi connectivity index (χ3v) is 4.04. The van der Waals surface area contributed by atoms with Gasteiger partial charge in [0.25, 0.3) is 5.91 Å². The summed E-state index contributed by atoms with van der Waals surface area (Å²) < 4.78 is 1.01. The molecule has 0 saturated carbocycles. The summed E-state index contributed by atoms with van der Waals surface area (Å²) in [6.07, 6.45) is 1.38. The summed E-state index contributed by atoms with van der Waals surface area (Å²) in [6, 6.07) is 7.56. The van der Waals surface area contributed by atoms with Gasteiger partial charge >= 0.3 is 0 Å². The highest BCUT2D eigenvalue weighted by atomic mass is 79.9. The van der Waals surface area contributed by atoms with Gasteiger partial charge in [0.1, 0.15) is 17.8 Å². The van der Waals surface area contributed by atoms with Crippen LogP contribution in [-0.2, 0) is 0 Å². The second-order valence-electron chi connectivity index (χ2n) is 5.44. The Morgan fingerprint density at radius 2 is 2.04 bits per heavy atom. The highest BCUT2D eigenvalue weighted by molar-refractivity contribution is 9.10. The van der Waals surface area contributed by atoms with Crippen molar-refractivity contribution in [2.45, 2.75) is 6.92 Å². The molecule has 0 atom stereocenters. The van der Waals surface area contributed by atoms with Crippen molar-refractivity contribution in [3.05, 3.63) is 46.3 Å². The molecule has 1 aromatic carbocycles. The number of benzene rings is 1. The summed E-state index contributed by atoms with van der Waals surface area (Å²) in [5.74, 6) is 0.371. The Morgan fingerprint density at radius 3 is 2.74 bits per heavy atom. The SMILES string of the molecule is Cc1ccc(Nc2cc(C(=O)NCCN(C)C)ncn2)cc1Br. The fourth-order valence-corrected chi connectivity index (χ4v) is 2.23. The number of nitrogens with one attached hydrogen (secondary N) is 2. The van der Waals surface area contributed by atoms with Crippen LogP contribution in [0, 0.1) is 6.92 Å². The van der Waals surface area contributed by atoms with E-state index in [-0.39, 0.29) is 5.91 Å². The highest BCUT2D eigenvalue weighted by Crippen LogP contribution is 2.22. The third-order valence-electron chi connectivity index (χ3n) is 3.19. The zero-order valence-electron chi connectivity index (χ0n) is 13.4. The van der Waals surface area contributed by atoms with E-state index < -0.39 is 0 Å². The van der Waals surface area contributed by atoms with Gasteiger partial charge in [-0.3, -0.25) is 4.79 Å². The number of carbonyl (C=O) groups is 1. The lowest BCUT2D eigenvalue weighted by molar-refractivity contribution is 0.0946. The summed E-state index contributed by atoms with van der Waals surface area (Å²) in [5.41, 5.74) is 2.38. The van der Waals surface area contributed by atoms with Gasteiger partial charge in [0.2, 0.25) is 0 Å². The average molecular weight is 378 g/mol. The maximum Gasteiger partial charge on any atom is 0.270 e. The molecule has 1 heterocycles. The minimum atomic E-state index is -0.206. The lowest BCUT2D eigenvalue weighted by atomic mass is 10.2. The number of halogens is 1. The van der Waals surface area contributed by atoms with E-state index in [1.165, 1.54) is 6.33 Å². The zero-order chi connectivity index (χ0) is 16.8. The van der Waals surface area contributed by atoms with Gasteiger partial charge in [-0.15, -0.1) is 0 Å². The topological polar surface area (TPSA) is 70.2 Å². The smallest absolute Gasteiger partial charge is 0.270 e. The summed E-state index contributed by atoms with van der Waals surface area (Å²) in [6.45, 7) is 3.37. The van der Waals surface area contributed by atoms with Crippen molar-refractivity contribution < 1.29 is 4.79 Å². The molecule has 6 nitrogen and oxygen atoms in total. The van der Waals surface area contributed by atoms with Crippen LogP contribution in [0.5, 0.6) is 0 Å². The number of anilines is 2. The van der Waals surface area contributed by atoms with E-state index in [1.54, 1.807) is 6.07 Å². The van der Waals surface area contributed by atoms with E-state index >= 15 is 0 Å². The first kappa shape index (κ1) is 17.4. The van der Waals surface area contributed by atoms with Gasteiger partial charge in [-0.2, -0.15) is 0 Å². The molecule has 122 valence electrons. The van der Waals surface area contributed by atoms with E-state index in [9.17, 15) is 4.79 Å². The fraction of sp³-hybridized carbons (Fsp3) is 0.312. The predicted octanol–water partition coefficient (Wildman–Crippen LogP) is 2.58. The Hall–Kier alpha value is -1.99. The van der Waals surface area contributed by atoms with Crippen molar-refractivity contribution in [3.63, 3.8) is 0 Å². The van der Waals surface area contributed by atoms with Crippen molar-refractivity contribution in [2.75, 3.05) is 32.5 Å². The molecule has 0 spiro atoms. The first-order valence-corrected chi connectivity index (χ1v) is 8.03. The van der Waals surface area contributed by atoms with E-state index in [1.807, 2.05) is 44.1 Å². The Balaban J connectivity index is 2.04. The number of likely N-dealkylation sites (N-methyl/N-ethyl adjacent to an activating group) is 1. The minimum absolute atomic E-state index is 0.206. The van der Waals surface area contributed by atoms with Gasteiger partial charge in [0, 0.05) is 29.3 Å². The van der Waals surface area contributed by atoms with E-state index in [2.05, 4.69) is 36.5 Å². The number of nitrogens with zero attached hydrogens (tertiary/aromatic N) is 3. The van der Waals surface area contributed by atoms with E-state index in [0.29, 0.717) is 18.1 Å². The molecule has 23 heavy (non-hydrogen) atoms. The van der Waals surface area contributed by atoms with Gasteiger partial charge < -0.3 is 15.5 Å². The van der Waals surface area contributed by atoms with Crippen molar-refractivity contribution in [1.82, 2.24) is 20.2 Å². The molecule has 0 unspecified atom stereocenters. The monoisotopic (exact) mass is 377 g/mol. The Bertz CT molecular complexity index is 690. The van der Waals surface area contributed by atoms with Gasteiger partial charge in [-0.1, -0.05) is 22.0 Å². The molecule has 0 fully saturated rings. The summed E-state index contributed by atoms with van der Waals surface area (Å²) in [7, 11) is 3.91. The van der Waals surface area contributed by atoms with Crippen LogP contribution in [0.3, 0.4) is 0 Å². The molecule has 0 saturated heterocycles. The normalized spacial score (nSPS) is 10.7. The van der Waals surface area contributed by atoms with E-state index in [0.717, 1.165) is 22.3 Å². The Kier molecular flexibility index (Phi) is 6.06. The van der Waals surface area contributed by atoms with Gasteiger partial charge in [-0.05, 0) is 38.7 Å². The fourth-order valence-electron chi connectivity index (χ4n) is 1.85. The van der Waals surface area contributed by atoms with Crippen molar-refractivity contribution in [1.29, 1.82) is 0 Å². The minimum Gasteiger partial charge on any atom is -0.349 e. The first-order valence-electron chi connectivity index (χ1n) is 7.24. The first-order chi connectivity index (χ1) is 11.0. The van der Waals surface area contributed by atoms with Crippen LogP contribution in [0.25, 0.3) is 0 Å². The zero-order valence-corrected chi connectivity index (χ0v) is 15.0. The van der Waals surface area contributed by atoms with Gasteiger partial charge in [0.05, 0.1) is 0 Å². The summed E-state index contributed by atoms with van der Waals surface area (Å²) >= 11 is 3.50. The molecule has 0 aliphatic carbocycles. The number of amides is 1. The Morgan fingerprint density at radius 1 is 1.26 bits per heavy atom. The molecule has 2 aromatic rings. The maximum atomic E-state index is 12.1. The lowest BCUT2D eigenvalue weighted by Crippen LogP contribution is -2.31. The Labute approximate surface area is 144 Å². The summed E-state index contributed by atoms with van der Waals surface area (Å²) in [5, 5.41) is 6.00. The molecule has 7 heteroatoms. The molecule has 0 aliphatic rings. The van der Waals surface area contributed by atoms with Gasteiger partial charge in [-0.25, -0.2) is 9.97 Å². The molecule has 0 bridgehead atoms. The van der Waals surface area contributed by atoms with Crippen LogP contribution < -0.4 is 10.6 Å². The molecule has 2 N–H and O–H groups in total. The third kappa shape index (κ3) is 5.30. The number of aryl methyl sites for hydroxylation is 1. The lowest BCUT2D eigenvalue weighted by Gasteiger charge is -2.11. The largest absolute Gasteiger partial charge is 0.349 e. The number of hydrogen-bond donors (Lipinski definition) is 2. The average Bonchev–Trinajstić information content (AvgIpc) is 2.51. The molecular weight excluding hydrogens is 358 g/mol. The van der Waals surface area contributed by atoms with Crippen LogP contribution in [0.1, 0.15) is 16.1 Å². The standard InChI is InChI=1S/C16H20BrN5O/c1-11-4-5-12(8-13(11)17)21-15-9-14(19-10-20-15)16(23)18-6-7-22(2)3/h4-5,8-10H,6-7H2,1-3H3,(H,18,23)(H,19,20,21). The predicted molar refractivity (Wildman–Crippen MR) is 95.1 cm³/mol. The highest BCUT2D eigenvalue weighted by Gasteiger charge is 2.09. The second kappa shape index (κ2) is 8.03. The van der Waals surface area contributed by atoms with Gasteiger partial charge in [0.15, 0.2) is 0 Å². The molecule has 0 radical (unpaired) electrons. The number of carbonyl (C=O) groups excluding carboxylic acids is 1. The molecular formula is C16H20BrN5O. The van der Waals surface area contributed by atoms with Crippen LogP contribution in [0.15, 0.2) is 35.1 Å². The number of hydrogen-bond acceptors (Lipinski definition) is 5. The molecule has 2 rings (SSSR count). The number of rotatable bonds is 6. The van der Waals surface area contributed by atoms with Crippen molar-refractivity contribution in [2.24, 2.45) is 0 Å². The second-order valence-corrected chi connectivity index (χ2v) is 6.29. The molecule has 0 aliphatic heterocycles. The number of aromatic nitrogens is 2. The molecule has 1 aromatic heterocycles. The summed E-state index contributed by atoms with van der Waals surface area (Å²) in [4.78, 5) is 22.3. The van der Waals surface area contributed by atoms with Crippen LogP contribution >= 0.6 is 15.9 Å². The molecule has 1 amide bonds. The quantitative estimate of drug-likeness (QED) is 0.809. The van der Waals surface area contributed by atoms with Crippen molar-refractivity contribution >= 4 is 33.3 Å². The van der Waals surface area contributed by atoms with Crippen LogP contribution in [-0.4, -0.2) is 48.0 Å². The maximum absolute atomic E-state index is 12.1. The van der Waals surface area contributed by atoms with Crippen molar-refractivity contribution in [3.8, 4) is 0 Å². The van der Waals surface area contributed by atoms with Crippen LogP contribution in [0.4, 0.5) is 11.5 Å². The van der Waals surface area contributed by atoms with Crippen LogP contribution in [0.2, 0.25) is 0 Å². The van der Waals surface area contributed by atoms with E-state index in [4.69, 9.17) is 0 Å².